The van der Waals surface area contributed by atoms with Crippen LogP contribution in [0.1, 0.15) is 24.2 Å². The van der Waals surface area contributed by atoms with Gasteiger partial charge in [0, 0.05) is 15.6 Å². The lowest BCUT2D eigenvalue weighted by Gasteiger charge is -2.20. The maximum absolute atomic E-state index is 11.5. The van der Waals surface area contributed by atoms with Gasteiger partial charge in [-0.3, -0.25) is 0 Å². The highest BCUT2D eigenvalue weighted by Gasteiger charge is 2.24. The van der Waals surface area contributed by atoms with Gasteiger partial charge in [0.25, 0.3) is 0 Å². The molecule has 1 aliphatic heterocycles. The fourth-order valence-corrected chi connectivity index (χ4v) is 2.28. The van der Waals surface area contributed by atoms with Crippen LogP contribution in [0.15, 0.2) is 16.6 Å². The van der Waals surface area contributed by atoms with Crippen molar-refractivity contribution in [2.24, 2.45) is 0 Å². The van der Waals surface area contributed by atoms with Crippen LogP contribution in [-0.2, 0) is 20.9 Å². The number of ether oxygens (including phenoxy) is 3. The van der Waals surface area contributed by atoms with Crippen LogP contribution in [0.3, 0.4) is 0 Å². The minimum Gasteiger partial charge on any atom is -0.467 e. The van der Waals surface area contributed by atoms with E-state index >= 15 is 0 Å². The monoisotopic (exact) mass is 316 g/mol. The van der Waals surface area contributed by atoms with Crippen molar-refractivity contribution in [3.05, 3.63) is 27.7 Å². The van der Waals surface area contributed by atoms with E-state index in [1.165, 1.54) is 0 Å². The van der Waals surface area contributed by atoms with E-state index in [9.17, 15) is 9.90 Å². The Morgan fingerprint density at radius 2 is 2.39 bits per heavy atom. The van der Waals surface area contributed by atoms with Crippen LogP contribution < -0.4 is 4.74 Å². The first-order chi connectivity index (χ1) is 8.63. The number of hydrogen-bond donors (Lipinski definition) is 1. The molecule has 1 heterocycles. The normalized spacial score (nSPS) is 15.5. The fraction of sp³-hybridized carbons (Fsp3) is 0.417. The molecule has 0 aliphatic carbocycles. The van der Waals surface area contributed by atoms with Crippen LogP contribution in [0.25, 0.3) is 0 Å². The minimum atomic E-state index is -1.32. The van der Waals surface area contributed by atoms with E-state index in [-0.39, 0.29) is 13.4 Å². The zero-order chi connectivity index (χ0) is 13.1. The van der Waals surface area contributed by atoms with E-state index in [0.717, 1.165) is 5.56 Å². The highest BCUT2D eigenvalue weighted by atomic mass is 79.9. The Kier molecular flexibility index (Phi) is 4.21. The molecule has 2 rings (SSSR count). The Morgan fingerprint density at radius 1 is 1.61 bits per heavy atom. The Bertz CT molecular complexity index is 460. The molecule has 18 heavy (non-hydrogen) atoms. The molecule has 0 saturated carbocycles. The molecule has 1 atom stereocenters. The van der Waals surface area contributed by atoms with Gasteiger partial charge in [0.15, 0.2) is 12.9 Å². The molecule has 6 heteroatoms. The number of hydrogen-bond acceptors (Lipinski definition) is 5. The van der Waals surface area contributed by atoms with Crippen LogP contribution in [0.4, 0.5) is 0 Å². The topological polar surface area (TPSA) is 65.0 Å². The number of aliphatic hydroxyl groups is 1. The molecule has 98 valence electrons. The lowest BCUT2D eigenvalue weighted by molar-refractivity contribution is -0.153. The van der Waals surface area contributed by atoms with Gasteiger partial charge in [-0.1, -0.05) is 15.9 Å². The second-order valence-corrected chi connectivity index (χ2v) is 4.60. The van der Waals surface area contributed by atoms with E-state index < -0.39 is 12.1 Å². The molecule has 0 spiro atoms. The maximum atomic E-state index is 11.5. The van der Waals surface area contributed by atoms with Crippen molar-refractivity contribution in [1.82, 2.24) is 0 Å². The van der Waals surface area contributed by atoms with Gasteiger partial charge in [-0.25, -0.2) is 4.79 Å². The van der Waals surface area contributed by atoms with Crippen LogP contribution in [-0.4, -0.2) is 24.5 Å². The second kappa shape index (κ2) is 5.69. The first-order valence-corrected chi connectivity index (χ1v) is 6.30. The van der Waals surface area contributed by atoms with Gasteiger partial charge in [-0.15, -0.1) is 0 Å². The standard InChI is InChI=1S/C12H13BrO5/c1-2-17-12(15)11(14)8-4-10-7(3-9(8)13)5-16-6-18-10/h3-4,11,14H,2,5-6H2,1H3. The van der Waals surface area contributed by atoms with Crippen molar-refractivity contribution in [1.29, 1.82) is 0 Å². The SMILES string of the molecule is CCOC(=O)C(O)c1cc2c(cc1Br)COCO2. The Hall–Kier alpha value is -1.11. The molecule has 1 aliphatic rings. The smallest absolute Gasteiger partial charge is 0.339 e. The van der Waals surface area contributed by atoms with Gasteiger partial charge in [-0.05, 0) is 19.1 Å². The molecular weight excluding hydrogens is 304 g/mol. The van der Waals surface area contributed by atoms with Crippen LogP contribution in [0, 0.1) is 0 Å². The third-order valence-electron chi connectivity index (χ3n) is 2.54. The molecule has 1 aromatic rings. The Balaban J connectivity index is 2.30. The van der Waals surface area contributed by atoms with Gasteiger partial charge >= 0.3 is 5.97 Å². The number of fused-ring (bicyclic) bond motifs is 1. The highest BCUT2D eigenvalue weighted by Crippen LogP contribution is 2.33. The number of esters is 1. The summed E-state index contributed by atoms with van der Waals surface area (Å²) in [6.45, 7) is 2.53. The van der Waals surface area contributed by atoms with Crippen LogP contribution in [0.5, 0.6) is 5.75 Å². The van der Waals surface area contributed by atoms with Crippen molar-refractivity contribution < 1.29 is 24.1 Å². The summed E-state index contributed by atoms with van der Waals surface area (Å²) in [4.78, 5) is 11.5. The van der Waals surface area contributed by atoms with Crippen molar-refractivity contribution >= 4 is 21.9 Å². The average molecular weight is 317 g/mol. The van der Waals surface area contributed by atoms with Gasteiger partial charge in [0.05, 0.1) is 13.2 Å². The zero-order valence-corrected chi connectivity index (χ0v) is 11.4. The van der Waals surface area contributed by atoms with Crippen LogP contribution in [0.2, 0.25) is 0 Å². The third kappa shape index (κ3) is 2.66. The number of rotatable bonds is 3. The fourth-order valence-electron chi connectivity index (χ4n) is 1.67. The Labute approximate surface area is 113 Å². The van der Waals surface area contributed by atoms with Crippen molar-refractivity contribution in [3.63, 3.8) is 0 Å². The summed E-state index contributed by atoms with van der Waals surface area (Å²) in [6.07, 6.45) is -1.32. The van der Waals surface area contributed by atoms with Crippen LogP contribution >= 0.6 is 15.9 Å². The molecule has 0 fully saturated rings. The molecule has 0 aromatic heterocycles. The van der Waals surface area contributed by atoms with Crippen molar-refractivity contribution in [3.8, 4) is 5.75 Å². The lowest BCUT2D eigenvalue weighted by atomic mass is 10.1. The summed E-state index contributed by atoms with van der Waals surface area (Å²) in [5.74, 6) is -0.0620. The summed E-state index contributed by atoms with van der Waals surface area (Å²) in [5, 5.41) is 9.91. The highest BCUT2D eigenvalue weighted by molar-refractivity contribution is 9.10. The summed E-state index contributed by atoms with van der Waals surface area (Å²) in [6, 6.07) is 3.40. The predicted molar refractivity (Wildman–Crippen MR) is 66.0 cm³/mol. The molecule has 1 N–H and O–H groups in total. The molecule has 0 saturated heterocycles. The number of halogens is 1. The van der Waals surface area contributed by atoms with E-state index in [0.29, 0.717) is 22.4 Å². The van der Waals surface area contributed by atoms with Crippen molar-refractivity contribution in [2.75, 3.05) is 13.4 Å². The summed E-state index contributed by atoms with van der Waals surface area (Å²) < 4.78 is 15.8. The van der Waals surface area contributed by atoms with E-state index in [1.807, 2.05) is 0 Å². The molecule has 0 bridgehead atoms. The number of benzene rings is 1. The second-order valence-electron chi connectivity index (χ2n) is 3.75. The molecular formula is C12H13BrO5. The van der Waals surface area contributed by atoms with Gasteiger partial charge in [0.1, 0.15) is 5.75 Å². The molecule has 1 aromatic carbocycles. The third-order valence-corrected chi connectivity index (χ3v) is 3.23. The van der Waals surface area contributed by atoms with E-state index in [2.05, 4.69) is 15.9 Å². The maximum Gasteiger partial charge on any atom is 0.339 e. The minimum absolute atomic E-state index is 0.170. The average Bonchev–Trinajstić information content (AvgIpc) is 2.37. The molecule has 0 radical (unpaired) electrons. The number of carbonyl (C=O) groups is 1. The largest absolute Gasteiger partial charge is 0.467 e. The first kappa shape index (κ1) is 13.3. The molecule has 1 unspecified atom stereocenters. The quantitative estimate of drug-likeness (QED) is 0.863. The molecule has 5 nitrogen and oxygen atoms in total. The summed E-state index contributed by atoms with van der Waals surface area (Å²) in [5.41, 5.74) is 1.29. The number of carbonyl (C=O) groups excluding carboxylic acids is 1. The predicted octanol–water partition coefficient (Wildman–Crippen LogP) is 1.91. The van der Waals surface area contributed by atoms with Gasteiger partial charge in [-0.2, -0.15) is 0 Å². The summed E-state index contributed by atoms with van der Waals surface area (Å²) >= 11 is 3.32. The molecule has 0 amide bonds. The summed E-state index contributed by atoms with van der Waals surface area (Å²) in [7, 11) is 0. The van der Waals surface area contributed by atoms with E-state index in [4.69, 9.17) is 14.2 Å². The first-order valence-electron chi connectivity index (χ1n) is 5.51. The van der Waals surface area contributed by atoms with Gasteiger partial charge < -0.3 is 19.3 Å². The van der Waals surface area contributed by atoms with E-state index in [1.54, 1.807) is 19.1 Å². The van der Waals surface area contributed by atoms with Gasteiger partial charge in [0.2, 0.25) is 0 Å². The zero-order valence-electron chi connectivity index (χ0n) is 9.81. The lowest BCUT2D eigenvalue weighted by Crippen LogP contribution is -2.17. The Morgan fingerprint density at radius 3 is 3.11 bits per heavy atom. The number of aliphatic hydroxyl groups excluding tert-OH is 1. The van der Waals surface area contributed by atoms with Crippen molar-refractivity contribution in [2.45, 2.75) is 19.6 Å².